The number of rotatable bonds is 1. The predicted octanol–water partition coefficient (Wildman–Crippen LogP) is 0.240. The molecular weight excluding hydrogens is 156 g/mol. The molecule has 0 aromatic rings. The average Bonchev–Trinajstić information content (AvgIpc) is 2.42. The number of ether oxygens (including phenoxy) is 1. The van der Waals surface area contributed by atoms with Crippen LogP contribution in [0.3, 0.4) is 0 Å². The Balaban J connectivity index is 1.93. The molecule has 4 bridgehead atoms. The molecule has 0 amide bonds. The molecular formula is C9H10O3. The van der Waals surface area contributed by atoms with Gasteiger partial charge in [-0.25, -0.2) is 0 Å². The van der Waals surface area contributed by atoms with E-state index in [0.29, 0.717) is 17.6 Å². The lowest BCUT2D eigenvalue weighted by Crippen LogP contribution is -2.21. The Morgan fingerprint density at radius 3 is 2.67 bits per heavy atom. The molecule has 5 atom stereocenters. The Hall–Kier alpha value is -0.860. The van der Waals surface area contributed by atoms with E-state index in [1.165, 1.54) is 7.11 Å². The highest BCUT2D eigenvalue weighted by atomic mass is 16.5. The fourth-order valence-corrected chi connectivity index (χ4v) is 3.30. The molecule has 0 N–H and O–H groups in total. The first-order chi connectivity index (χ1) is 5.75. The minimum absolute atomic E-state index is 0.0254. The normalized spacial score (nSPS) is 52.8. The van der Waals surface area contributed by atoms with Crippen molar-refractivity contribution in [1.29, 1.82) is 0 Å². The molecule has 0 aromatic carbocycles. The maximum atomic E-state index is 11.4. The maximum absolute atomic E-state index is 11.4. The van der Waals surface area contributed by atoms with Crippen molar-refractivity contribution in [2.75, 3.05) is 7.11 Å². The van der Waals surface area contributed by atoms with Gasteiger partial charge in [0.1, 0.15) is 5.78 Å². The number of carbonyl (C=O) groups excluding carboxylic acids is 2. The molecule has 0 aliphatic heterocycles. The van der Waals surface area contributed by atoms with E-state index >= 15 is 0 Å². The summed E-state index contributed by atoms with van der Waals surface area (Å²) in [5.74, 6) is 1.29. The lowest BCUT2D eigenvalue weighted by molar-refractivity contribution is -0.147. The van der Waals surface area contributed by atoms with Gasteiger partial charge in [-0.3, -0.25) is 9.59 Å². The molecule has 0 saturated heterocycles. The lowest BCUT2D eigenvalue weighted by atomic mass is 9.98. The zero-order valence-electron chi connectivity index (χ0n) is 6.82. The van der Waals surface area contributed by atoms with E-state index in [1.807, 2.05) is 0 Å². The van der Waals surface area contributed by atoms with Gasteiger partial charge >= 0.3 is 5.97 Å². The summed E-state index contributed by atoms with van der Waals surface area (Å²) in [6, 6.07) is 0. The predicted molar refractivity (Wildman–Crippen MR) is 39.1 cm³/mol. The Morgan fingerprint density at radius 1 is 1.58 bits per heavy atom. The summed E-state index contributed by atoms with van der Waals surface area (Å²) in [5, 5.41) is 0. The van der Waals surface area contributed by atoms with Crippen molar-refractivity contribution < 1.29 is 14.3 Å². The van der Waals surface area contributed by atoms with E-state index in [-0.39, 0.29) is 23.7 Å². The van der Waals surface area contributed by atoms with Gasteiger partial charge in [0.2, 0.25) is 0 Å². The first-order valence-corrected chi connectivity index (χ1v) is 4.37. The summed E-state index contributed by atoms with van der Waals surface area (Å²) in [5.41, 5.74) is 0. The largest absolute Gasteiger partial charge is 0.469 e. The van der Waals surface area contributed by atoms with E-state index in [9.17, 15) is 9.59 Å². The van der Waals surface area contributed by atoms with Crippen molar-refractivity contribution in [3.63, 3.8) is 0 Å². The SMILES string of the molecule is COC(=O)[C@H]1[C@H]2[C@H]3C[C@H]1C(=O)[C@H]32. The molecule has 4 aliphatic rings. The number of hydrogen-bond acceptors (Lipinski definition) is 3. The van der Waals surface area contributed by atoms with Crippen LogP contribution in [0.4, 0.5) is 0 Å². The third-order valence-corrected chi connectivity index (χ3v) is 3.77. The summed E-state index contributed by atoms with van der Waals surface area (Å²) in [4.78, 5) is 22.7. The lowest BCUT2D eigenvalue weighted by Gasteiger charge is -2.09. The maximum Gasteiger partial charge on any atom is 0.309 e. The van der Waals surface area contributed by atoms with Crippen LogP contribution in [0.1, 0.15) is 6.42 Å². The number of Topliss-reactive ketones (excluding diaryl/α,β-unsaturated/α-hetero) is 1. The molecule has 4 rings (SSSR count). The molecule has 0 unspecified atom stereocenters. The number of methoxy groups -OCH3 is 1. The number of esters is 1. The van der Waals surface area contributed by atoms with Crippen LogP contribution in [-0.4, -0.2) is 18.9 Å². The number of carbonyl (C=O) groups is 2. The van der Waals surface area contributed by atoms with E-state index in [4.69, 9.17) is 0 Å². The van der Waals surface area contributed by atoms with Crippen LogP contribution in [-0.2, 0) is 14.3 Å². The molecule has 0 radical (unpaired) electrons. The van der Waals surface area contributed by atoms with Gasteiger partial charge in [-0.05, 0) is 18.3 Å². The van der Waals surface area contributed by atoms with E-state index in [0.717, 1.165) is 6.42 Å². The Labute approximate surface area is 70.1 Å². The standard InChI is InChI=1S/C9H10O3/c1-12-9(11)7-4-2-3-5(7)6(3)8(4)10/h3-7H,2H2,1H3/t3-,4-,5+,6-,7-/m1/s1. The molecule has 3 heteroatoms. The quantitative estimate of drug-likeness (QED) is 0.524. The van der Waals surface area contributed by atoms with Crippen molar-refractivity contribution in [2.45, 2.75) is 6.42 Å². The molecule has 64 valence electrons. The van der Waals surface area contributed by atoms with Gasteiger partial charge in [-0.1, -0.05) is 0 Å². The fraction of sp³-hybridized carbons (Fsp3) is 0.778. The van der Waals surface area contributed by atoms with Crippen LogP contribution < -0.4 is 0 Å². The van der Waals surface area contributed by atoms with Crippen LogP contribution >= 0.6 is 0 Å². The highest BCUT2D eigenvalue weighted by molar-refractivity contribution is 5.98. The summed E-state index contributed by atoms with van der Waals surface area (Å²) < 4.78 is 4.69. The first kappa shape index (κ1) is 6.63. The third-order valence-electron chi connectivity index (χ3n) is 3.77. The molecule has 0 heterocycles. The van der Waals surface area contributed by atoms with Crippen LogP contribution in [0, 0.1) is 29.6 Å². The first-order valence-electron chi connectivity index (χ1n) is 4.37. The molecule has 4 fully saturated rings. The Morgan fingerprint density at radius 2 is 2.33 bits per heavy atom. The highest BCUT2D eigenvalue weighted by Gasteiger charge is 2.75. The monoisotopic (exact) mass is 166 g/mol. The third kappa shape index (κ3) is 0.490. The van der Waals surface area contributed by atoms with Crippen LogP contribution in [0.25, 0.3) is 0 Å². The summed E-state index contributed by atoms with van der Waals surface area (Å²) in [6.07, 6.45) is 0.952. The second-order valence-electron chi connectivity index (χ2n) is 4.06. The van der Waals surface area contributed by atoms with Crippen molar-refractivity contribution in [3.05, 3.63) is 0 Å². The summed E-state index contributed by atoms with van der Waals surface area (Å²) in [6.45, 7) is 0. The van der Waals surface area contributed by atoms with Crippen molar-refractivity contribution in [3.8, 4) is 0 Å². The van der Waals surface area contributed by atoms with Gasteiger partial charge in [0, 0.05) is 11.8 Å². The van der Waals surface area contributed by atoms with Gasteiger partial charge in [0.15, 0.2) is 0 Å². The molecule has 12 heavy (non-hydrogen) atoms. The van der Waals surface area contributed by atoms with Gasteiger partial charge in [-0.2, -0.15) is 0 Å². The molecule has 4 saturated carbocycles. The number of ketones is 1. The summed E-state index contributed by atoms with van der Waals surface area (Å²) in [7, 11) is 1.40. The highest BCUT2D eigenvalue weighted by Crippen LogP contribution is 2.71. The smallest absolute Gasteiger partial charge is 0.309 e. The van der Waals surface area contributed by atoms with Gasteiger partial charge in [0.05, 0.1) is 13.0 Å². The second kappa shape index (κ2) is 1.73. The van der Waals surface area contributed by atoms with Crippen LogP contribution in [0.15, 0.2) is 0 Å². The van der Waals surface area contributed by atoms with Gasteiger partial charge in [0.25, 0.3) is 0 Å². The van der Waals surface area contributed by atoms with E-state index in [1.54, 1.807) is 0 Å². The molecule has 3 nitrogen and oxygen atoms in total. The minimum Gasteiger partial charge on any atom is -0.469 e. The zero-order valence-corrected chi connectivity index (χ0v) is 6.82. The topological polar surface area (TPSA) is 43.4 Å². The Kier molecular flexibility index (Phi) is 0.955. The molecule has 0 aromatic heterocycles. The van der Waals surface area contributed by atoms with Crippen LogP contribution in [0.2, 0.25) is 0 Å². The zero-order chi connectivity index (χ0) is 8.46. The summed E-state index contributed by atoms with van der Waals surface area (Å²) >= 11 is 0. The minimum atomic E-state index is -0.166. The van der Waals surface area contributed by atoms with Gasteiger partial charge in [-0.15, -0.1) is 0 Å². The van der Waals surface area contributed by atoms with E-state index in [2.05, 4.69) is 4.74 Å². The molecule has 0 spiro atoms. The van der Waals surface area contributed by atoms with E-state index < -0.39 is 0 Å². The van der Waals surface area contributed by atoms with Crippen molar-refractivity contribution in [1.82, 2.24) is 0 Å². The number of hydrogen-bond donors (Lipinski definition) is 0. The van der Waals surface area contributed by atoms with Crippen molar-refractivity contribution >= 4 is 11.8 Å². The molecule has 4 aliphatic carbocycles. The average molecular weight is 166 g/mol. The van der Waals surface area contributed by atoms with Crippen LogP contribution in [0.5, 0.6) is 0 Å². The van der Waals surface area contributed by atoms with Gasteiger partial charge < -0.3 is 4.74 Å². The van der Waals surface area contributed by atoms with Crippen molar-refractivity contribution in [2.24, 2.45) is 29.6 Å². The fourth-order valence-electron chi connectivity index (χ4n) is 3.30. The Bertz CT molecular complexity index is 283. The second-order valence-corrected chi connectivity index (χ2v) is 4.06.